The Balaban J connectivity index is 1.56. The average Bonchev–Trinajstić information content (AvgIpc) is 3.73. The van der Waals surface area contributed by atoms with E-state index < -0.39 is 113 Å². The normalized spacial score (nSPS) is 49.7. The van der Waals surface area contributed by atoms with E-state index in [4.69, 9.17) is 28.4 Å². The number of carbonyl (C=O) groups is 3. The predicted molar refractivity (Wildman–Crippen MR) is 185 cm³/mol. The average molecular weight is 731 g/mol. The highest BCUT2D eigenvalue weighted by Crippen LogP contribution is 2.75. The van der Waals surface area contributed by atoms with Gasteiger partial charge in [0.2, 0.25) is 0 Å². The van der Waals surface area contributed by atoms with Gasteiger partial charge in [-0.05, 0) is 50.0 Å². The fraction of sp³-hybridized carbons (Fsp3) is 0.825. The SMILES string of the molecule is C=C(C)[C@@]12OC34CCC/C=C\CCCC[C@H](CCC)[C@H]5[C@H](C)C(=O)[C@@]6(O)[C@H](O)[C@@]7(CO)O[C@H]7[C@@H]([C@H]1O3)[C@](O4)([C@H](COC(=O)C(C)C)[C@H]2OC(C)=O)[C@H]56. The molecule has 3 saturated heterocycles. The number of hydrogen-bond acceptors (Lipinski definition) is 12. The summed E-state index contributed by atoms with van der Waals surface area (Å²) in [5.41, 5.74) is -6.93. The molecule has 4 heterocycles. The molecule has 12 heteroatoms. The first-order valence-corrected chi connectivity index (χ1v) is 19.6. The summed E-state index contributed by atoms with van der Waals surface area (Å²) in [6.07, 6.45) is 6.06. The molecule has 3 aliphatic carbocycles. The van der Waals surface area contributed by atoms with E-state index in [0.717, 1.165) is 38.5 Å². The van der Waals surface area contributed by atoms with Gasteiger partial charge in [-0.3, -0.25) is 14.4 Å². The molecular formula is C40H58O12. The zero-order valence-electron chi connectivity index (χ0n) is 31.5. The van der Waals surface area contributed by atoms with Gasteiger partial charge in [0, 0.05) is 31.1 Å². The smallest absolute Gasteiger partial charge is 0.308 e. The van der Waals surface area contributed by atoms with Crippen LogP contribution in [-0.2, 0) is 42.8 Å². The quantitative estimate of drug-likeness (QED) is 0.187. The third kappa shape index (κ3) is 5.07. The lowest BCUT2D eigenvalue weighted by Crippen LogP contribution is -2.78. The van der Waals surface area contributed by atoms with Crippen molar-refractivity contribution in [1.82, 2.24) is 0 Å². The fourth-order valence-electron chi connectivity index (χ4n) is 11.7. The molecule has 0 aromatic carbocycles. The molecule has 15 atom stereocenters. The van der Waals surface area contributed by atoms with Crippen molar-refractivity contribution in [2.24, 2.45) is 41.4 Å². The third-order valence-corrected chi connectivity index (χ3v) is 13.8. The summed E-state index contributed by atoms with van der Waals surface area (Å²) in [5, 5.41) is 36.8. The van der Waals surface area contributed by atoms with Crippen LogP contribution in [0, 0.1) is 41.4 Å². The highest BCUT2D eigenvalue weighted by molar-refractivity contribution is 5.94. The lowest BCUT2D eigenvalue weighted by molar-refractivity contribution is -0.439. The maximum atomic E-state index is 14.9. The summed E-state index contributed by atoms with van der Waals surface area (Å²) < 4.78 is 40.2. The van der Waals surface area contributed by atoms with Gasteiger partial charge >= 0.3 is 11.9 Å². The second kappa shape index (κ2) is 13.2. The van der Waals surface area contributed by atoms with Crippen LogP contribution in [0.25, 0.3) is 0 Å². The van der Waals surface area contributed by atoms with Crippen LogP contribution in [0.1, 0.15) is 99.3 Å². The Kier molecular flexibility index (Phi) is 9.70. The van der Waals surface area contributed by atoms with Crippen LogP contribution in [0.3, 0.4) is 0 Å². The van der Waals surface area contributed by atoms with Crippen molar-refractivity contribution in [1.29, 1.82) is 0 Å². The number of fused-ring (bicyclic) bond motifs is 1. The summed E-state index contributed by atoms with van der Waals surface area (Å²) in [6.45, 7) is 13.8. The lowest BCUT2D eigenvalue weighted by Gasteiger charge is -2.63. The molecule has 4 aliphatic heterocycles. The van der Waals surface area contributed by atoms with Gasteiger partial charge in [0.05, 0.1) is 24.0 Å². The lowest BCUT2D eigenvalue weighted by atomic mass is 9.50. The molecule has 0 radical (unpaired) electrons. The zero-order chi connectivity index (χ0) is 37.6. The number of ether oxygens (including phenoxy) is 6. The van der Waals surface area contributed by atoms with Gasteiger partial charge in [-0.25, -0.2) is 0 Å². The minimum absolute atomic E-state index is 0.0699. The molecule has 2 spiro atoms. The Morgan fingerprint density at radius 2 is 1.79 bits per heavy atom. The van der Waals surface area contributed by atoms with Crippen LogP contribution >= 0.6 is 0 Å². The Bertz CT molecular complexity index is 1490. The van der Waals surface area contributed by atoms with Gasteiger partial charge in [0.1, 0.15) is 36.6 Å². The standard InChI is InChI=1S/C40H58O12/c1-8-16-25-17-14-12-10-9-11-13-15-18-37-50-33-28-32-36(20-41,49-32)35(45)38(46)29(27(25)23(6)30(38)43)40(28,52-37)26(19-47-34(44)21(2)3)31(48-24(7)42)39(33,51-37)22(4)5/h9,11,21,23,25-29,31-33,35,41,45-46H,4,8,10,12-20H2,1-3,5-7H3/b11-9-/t23-,25-,26+,27+,28-,29+,31+,32-,33+,35+,36-,37?,38+,39-,40+/m0/s1. The van der Waals surface area contributed by atoms with Crippen LogP contribution in [0.4, 0.5) is 0 Å². The number of ketones is 1. The van der Waals surface area contributed by atoms with E-state index in [1.165, 1.54) is 6.92 Å². The van der Waals surface area contributed by atoms with Crippen molar-refractivity contribution in [3.05, 3.63) is 24.3 Å². The molecule has 1 unspecified atom stereocenters. The van der Waals surface area contributed by atoms with E-state index in [-0.39, 0.29) is 18.9 Å². The van der Waals surface area contributed by atoms with E-state index in [0.29, 0.717) is 18.4 Å². The van der Waals surface area contributed by atoms with Crippen LogP contribution in [0.2, 0.25) is 0 Å². The second-order valence-corrected chi connectivity index (χ2v) is 17.1. The number of rotatable bonds is 8. The topological polar surface area (TPSA) is 171 Å². The Labute approximate surface area is 306 Å². The van der Waals surface area contributed by atoms with Gasteiger partial charge < -0.3 is 43.7 Å². The number of Topliss-reactive ketones (excluding diaryl/α,β-unsaturated/α-hetero) is 1. The van der Waals surface area contributed by atoms with E-state index in [9.17, 15) is 29.7 Å². The molecule has 290 valence electrons. The number of allylic oxidation sites excluding steroid dienone is 2. The maximum Gasteiger partial charge on any atom is 0.308 e. The van der Waals surface area contributed by atoms with Crippen molar-refractivity contribution >= 4 is 17.7 Å². The molecule has 3 bridgehead atoms. The Hall–Kier alpha value is -2.19. The number of hydrogen-bond donors (Lipinski definition) is 3. The first kappa shape index (κ1) is 38.1. The summed E-state index contributed by atoms with van der Waals surface area (Å²) >= 11 is 0. The van der Waals surface area contributed by atoms with Crippen molar-refractivity contribution in [3.63, 3.8) is 0 Å². The molecule has 12 nitrogen and oxygen atoms in total. The van der Waals surface area contributed by atoms with Gasteiger partial charge in [-0.1, -0.05) is 72.1 Å². The van der Waals surface area contributed by atoms with Crippen LogP contribution in [-0.4, -0.2) is 99.0 Å². The molecule has 6 fully saturated rings. The van der Waals surface area contributed by atoms with E-state index >= 15 is 0 Å². The number of aliphatic hydroxyl groups excluding tert-OH is 2. The molecular weight excluding hydrogens is 672 g/mol. The highest BCUT2D eigenvalue weighted by Gasteiger charge is 2.92. The first-order valence-electron chi connectivity index (χ1n) is 19.6. The van der Waals surface area contributed by atoms with E-state index in [1.807, 2.05) is 6.92 Å². The number of carbonyl (C=O) groups excluding carboxylic acids is 3. The van der Waals surface area contributed by atoms with Crippen LogP contribution in [0.5, 0.6) is 0 Å². The molecule has 7 rings (SSSR count). The molecule has 0 aromatic heterocycles. The van der Waals surface area contributed by atoms with Gasteiger partial charge in [0.25, 0.3) is 5.97 Å². The Morgan fingerprint density at radius 1 is 1.08 bits per heavy atom. The highest BCUT2D eigenvalue weighted by atomic mass is 16.9. The van der Waals surface area contributed by atoms with Crippen molar-refractivity contribution < 1.29 is 58.1 Å². The zero-order valence-corrected chi connectivity index (χ0v) is 31.5. The summed E-state index contributed by atoms with van der Waals surface area (Å²) in [4.78, 5) is 41.4. The third-order valence-electron chi connectivity index (χ3n) is 13.8. The number of epoxide rings is 1. The van der Waals surface area contributed by atoms with Gasteiger partial charge in [0.15, 0.2) is 17.0 Å². The maximum absolute atomic E-state index is 14.9. The number of esters is 2. The first-order chi connectivity index (χ1) is 24.6. The van der Waals surface area contributed by atoms with Gasteiger partial charge in [-0.2, -0.15) is 0 Å². The van der Waals surface area contributed by atoms with Crippen LogP contribution < -0.4 is 0 Å². The molecule has 3 saturated carbocycles. The van der Waals surface area contributed by atoms with E-state index in [1.54, 1.807) is 20.8 Å². The minimum atomic E-state index is -2.46. The summed E-state index contributed by atoms with van der Waals surface area (Å²) in [7, 11) is 0. The summed E-state index contributed by atoms with van der Waals surface area (Å²) in [6, 6.07) is 0. The molecule has 52 heavy (non-hydrogen) atoms. The van der Waals surface area contributed by atoms with Crippen molar-refractivity contribution in [2.75, 3.05) is 13.2 Å². The fourth-order valence-corrected chi connectivity index (χ4v) is 11.7. The summed E-state index contributed by atoms with van der Waals surface area (Å²) in [5.74, 6) is -8.23. The molecule has 0 amide bonds. The minimum Gasteiger partial charge on any atom is -0.465 e. The second-order valence-electron chi connectivity index (χ2n) is 17.1. The molecule has 7 aliphatic rings. The van der Waals surface area contributed by atoms with Crippen LogP contribution in [0.15, 0.2) is 24.3 Å². The van der Waals surface area contributed by atoms with Crippen molar-refractivity contribution in [2.45, 2.75) is 152 Å². The number of aliphatic hydroxyl groups is 3. The predicted octanol–water partition coefficient (Wildman–Crippen LogP) is 3.92. The van der Waals surface area contributed by atoms with E-state index in [2.05, 4.69) is 25.7 Å². The van der Waals surface area contributed by atoms with Gasteiger partial charge in [-0.15, -0.1) is 0 Å². The molecule has 3 N–H and O–H groups in total. The largest absolute Gasteiger partial charge is 0.465 e. The monoisotopic (exact) mass is 730 g/mol. The molecule has 0 aromatic rings. The van der Waals surface area contributed by atoms with Crippen molar-refractivity contribution in [3.8, 4) is 0 Å². The Morgan fingerprint density at radius 3 is 2.42 bits per heavy atom.